The molecule has 1 spiro atoms. The lowest BCUT2D eigenvalue weighted by atomic mass is 9.87. The van der Waals surface area contributed by atoms with E-state index in [4.69, 9.17) is 14.3 Å². The number of carboxylic acid groups (broad SMARTS) is 1. The monoisotopic (exact) mass is 488 g/mol. The highest BCUT2D eigenvalue weighted by molar-refractivity contribution is 7.94. The Kier molecular flexibility index (Phi) is 7.13. The summed E-state index contributed by atoms with van der Waals surface area (Å²) in [5, 5.41) is 7.12. The molecule has 182 valence electrons. The van der Waals surface area contributed by atoms with Crippen LogP contribution >= 0.6 is 0 Å². The molecule has 7 nitrogen and oxygen atoms in total. The molecule has 2 aliphatic heterocycles. The average molecular weight is 489 g/mol. The fourth-order valence-corrected chi connectivity index (χ4v) is 6.79. The van der Waals surface area contributed by atoms with Gasteiger partial charge in [0.05, 0.1) is 18.5 Å². The van der Waals surface area contributed by atoms with Gasteiger partial charge in [0.25, 0.3) is 0 Å². The number of anilines is 1. The van der Waals surface area contributed by atoms with Gasteiger partial charge in [-0.3, -0.25) is 9.21 Å². The Hall–Kier alpha value is -2.53. The molecule has 11 heteroatoms. The smallest absolute Gasteiger partial charge is 0.475 e. The molecule has 0 bridgehead atoms. The summed E-state index contributed by atoms with van der Waals surface area (Å²) in [6.07, 6.45) is -2.15. The van der Waals surface area contributed by atoms with E-state index < -0.39 is 26.9 Å². The van der Waals surface area contributed by atoms with Crippen molar-refractivity contribution in [1.29, 1.82) is 0 Å². The molecule has 2 aromatic rings. The second kappa shape index (κ2) is 9.38. The second-order valence-corrected chi connectivity index (χ2v) is 10.8. The largest absolute Gasteiger partial charge is 0.490 e. The fourth-order valence-electron chi connectivity index (χ4n) is 4.31. The number of likely N-dealkylation sites (tertiary alicyclic amines) is 1. The Morgan fingerprint density at radius 3 is 2.27 bits per heavy atom. The highest BCUT2D eigenvalue weighted by Crippen LogP contribution is 2.52. The topological polar surface area (TPSA) is 91.1 Å². The van der Waals surface area contributed by atoms with Crippen LogP contribution in [0.1, 0.15) is 38.0 Å². The summed E-state index contributed by atoms with van der Waals surface area (Å²) in [5.74, 6) is -1.54. The summed E-state index contributed by atoms with van der Waals surface area (Å²) < 4.78 is 65.2. The van der Waals surface area contributed by atoms with Crippen molar-refractivity contribution >= 4 is 21.7 Å². The first-order valence-corrected chi connectivity index (χ1v) is 12.0. The third-order valence-corrected chi connectivity index (χ3v) is 8.39. The molecule has 0 unspecified atom stereocenters. The van der Waals surface area contributed by atoms with Gasteiger partial charge >= 0.3 is 12.1 Å². The van der Waals surface area contributed by atoms with Gasteiger partial charge in [0.1, 0.15) is 10.5 Å². The number of alkyl halides is 3. The summed E-state index contributed by atoms with van der Waals surface area (Å²) in [6.45, 7) is 6.91. The fraction of sp³-hybridized carbons (Fsp3) is 0.500. The molecule has 1 aromatic carbocycles. The van der Waals surface area contributed by atoms with Gasteiger partial charge in [-0.15, -0.1) is 0 Å². The van der Waals surface area contributed by atoms with Gasteiger partial charge in [-0.05, 0) is 42.5 Å². The number of halogens is 3. The number of hydrogen-bond donors (Lipinski definition) is 1. The highest BCUT2D eigenvalue weighted by Gasteiger charge is 2.56. The number of piperidine rings is 1. The van der Waals surface area contributed by atoms with Gasteiger partial charge in [-0.25, -0.2) is 13.2 Å². The van der Waals surface area contributed by atoms with E-state index in [-0.39, 0.29) is 5.92 Å². The van der Waals surface area contributed by atoms with E-state index in [0.29, 0.717) is 19.4 Å². The standard InChI is InChI=1S/C20H26N2O3S.C2HF3O2/c1-16(2)14-22-19-8-4-3-7-18(19)20(26(22,23)24)9-11-21(12-10-20)15-17-6-5-13-25-17;3-2(4,5)1(6)7/h3-8,13,16H,9-12,14-15H2,1-2H3;(H,6,7). The Labute approximate surface area is 190 Å². The normalized spacial score (nSPS) is 19.3. The van der Waals surface area contributed by atoms with Crippen molar-refractivity contribution in [2.24, 2.45) is 5.92 Å². The van der Waals surface area contributed by atoms with Gasteiger partial charge in [0.2, 0.25) is 10.0 Å². The number of para-hydroxylation sites is 1. The number of furan rings is 1. The van der Waals surface area contributed by atoms with E-state index in [1.807, 2.05) is 36.4 Å². The van der Waals surface area contributed by atoms with Crippen molar-refractivity contribution < 1.29 is 35.9 Å². The van der Waals surface area contributed by atoms with E-state index in [0.717, 1.165) is 36.6 Å². The molecule has 0 aliphatic carbocycles. The Balaban J connectivity index is 0.000000383. The third kappa shape index (κ3) is 5.03. The van der Waals surface area contributed by atoms with Crippen molar-refractivity contribution in [3.05, 3.63) is 54.0 Å². The van der Waals surface area contributed by atoms with E-state index in [1.54, 1.807) is 10.6 Å². The number of fused-ring (bicyclic) bond motifs is 2. The van der Waals surface area contributed by atoms with Crippen LogP contribution in [0.3, 0.4) is 0 Å². The molecule has 4 rings (SSSR count). The molecule has 1 N–H and O–H groups in total. The summed E-state index contributed by atoms with van der Waals surface area (Å²) in [4.78, 5) is 11.2. The summed E-state index contributed by atoms with van der Waals surface area (Å²) >= 11 is 0. The quantitative estimate of drug-likeness (QED) is 0.693. The molecule has 0 saturated carbocycles. The zero-order valence-corrected chi connectivity index (χ0v) is 19.2. The first-order chi connectivity index (χ1) is 15.4. The highest BCUT2D eigenvalue weighted by atomic mass is 32.2. The summed E-state index contributed by atoms with van der Waals surface area (Å²) in [6, 6.07) is 11.7. The number of rotatable bonds is 4. The van der Waals surface area contributed by atoms with E-state index >= 15 is 0 Å². The molecule has 2 aliphatic rings. The minimum Gasteiger partial charge on any atom is -0.475 e. The van der Waals surface area contributed by atoms with Gasteiger partial charge in [0, 0.05) is 19.6 Å². The van der Waals surface area contributed by atoms with Gasteiger partial charge in [-0.2, -0.15) is 13.2 Å². The number of hydrogen-bond acceptors (Lipinski definition) is 5. The second-order valence-electron chi connectivity index (χ2n) is 8.60. The lowest BCUT2D eigenvalue weighted by molar-refractivity contribution is -0.192. The summed E-state index contributed by atoms with van der Waals surface area (Å²) in [7, 11) is -3.41. The van der Waals surface area contributed by atoms with Crippen molar-refractivity contribution in [2.75, 3.05) is 23.9 Å². The molecular weight excluding hydrogens is 461 g/mol. The van der Waals surface area contributed by atoms with Crippen LogP contribution in [0, 0.1) is 5.92 Å². The maximum Gasteiger partial charge on any atom is 0.490 e. The van der Waals surface area contributed by atoms with Crippen LogP contribution in [-0.4, -0.2) is 50.2 Å². The number of nitrogens with zero attached hydrogens (tertiary/aromatic N) is 2. The van der Waals surface area contributed by atoms with E-state index in [2.05, 4.69) is 18.7 Å². The number of carbonyl (C=O) groups is 1. The van der Waals surface area contributed by atoms with E-state index in [1.165, 1.54) is 0 Å². The molecule has 0 atom stereocenters. The van der Waals surface area contributed by atoms with Crippen molar-refractivity contribution in [1.82, 2.24) is 4.90 Å². The van der Waals surface area contributed by atoms with Gasteiger partial charge < -0.3 is 9.52 Å². The van der Waals surface area contributed by atoms with Crippen molar-refractivity contribution in [2.45, 2.75) is 44.2 Å². The van der Waals surface area contributed by atoms with Crippen molar-refractivity contribution in [3.63, 3.8) is 0 Å². The molecule has 1 fully saturated rings. The van der Waals surface area contributed by atoms with Gasteiger partial charge in [-0.1, -0.05) is 32.0 Å². The third-order valence-electron chi connectivity index (χ3n) is 5.84. The molecule has 0 radical (unpaired) electrons. The molecule has 1 aromatic heterocycles. The van der Waals surface area contributed by atoms with Crippen LogP contribution in [0.25, 0.3) is 0 Å². The lowest BCUT2D eigenvalue weighted by Crippen LogP contribution is -2.48. The van der Waals surface area contributed by atoms with Crippen LogP contribution in [0.4, 0.5) is 18.9 Å². The average Bonchev–Trinajstić information content (AvgIpc) is 3.30. The predicted octanol–water partition coefficient (Wildman–Crippen LogP) is 4.21. The van der Waals surface area contributed by atoms with Crippen LogP contribution < -0.4 is 4.31 Å². The first-order valence-electron chi connectivity index (χ1n) is 10.5. The SMILES string of the molecule is CC(C)CN1c2ccccc2C2(CCN(Cc3ccco3)CC2)S1(=O)=O.O=C(O)C(F)(F)F. The lowest BCUT2D eigenvalue weighted by Gasteiger charge is -2.38. The zero-order valence-electron chi connectivity index (χ0n) is 18.4. The molecular formula is C22H27F3N2O5S. The Bertz CT molecular complexity index is 1060. The summed E-state index contributed by atoms with van der Waals surface area (Å²) in [5.41, 5.74) is 1.86. The van der Waals surface area contributed by atoms with Crippen molar-refractivity contribution in [3.8, 4) is 0 Å². The Morgan fingerprint density at radius 1 is 1.15 bits per heavy atom. The minimum absolute atomic E-state index is 0.284. The maximum absolute atomic E-state index is 13.6. The predicted molar refractivity (Wildman–Crippen MR) is 116 cm³/mol. The van der Waals surface area contributed by atoms with Crippen LogP contribution in [0.5, 0.6) is 0 Å². The zero-order chi connectivity index (χ0) is 24.4. The van der Waals surface area contributed by atoms with E-state index in [9.17, 15) is 21.6 Å². The minimum atomic E-state index is -5.08. The number of aliphatic carboxylic acids is 1. The number of benzene rings is 1. The van der Waals surface area contributed by atoms with Crippen LogP contribution in [0.2, 0.25) is 0 Å². The van der Waals surface area contributed by atoms with Crippen LogP contribution in [0.15, 0.2) is 47.1 Å². The number of carboxylic acids is 1. The first kappa shape index (κ1) is 25.1. The molecule has 1 saturated heterocycles. The molecule has 3 heterocycles. The van der Waals surface area contributed by atoms with Gasteiger partial charge in [0.15, 0.2) is 0 Å². The molecule has 33 heavy (non-hydrogen) atoms. The Morgan fingerprint density at radius 2 is 1.76 bits per heavy atom. The number of sulfonamides is 1. The maximum atomic E-state index is 13.6. The van der Waals surface area contributed by atoms with Crippen LogP contribution in [-0.2, 0) is 26.1 Å². The molecule has 0 amide bonds.